The lowest BCUT2D eigenvalue weighted by Gasteiger charge is -2.17. The number of guanidine groups is 1. The van der Waals surface area contributed by atoms with Crippen molar-refractivity contribution in [2.75, 3.05) is 18.9 Å². The molecule has 0 fully saturated rings. The number of nitrogens with zero attached hydrogens (tertiary/aromatic N) is 1. The second kappa shape index (κ2) is 11.8. The number of hydrogen-bond acceptors (Lipinski definition) is 6. The molecule has 2 aromatic carbocycles. The van der Waals surface area contributed by atoms with E-state index in [4.69, 9.17) is 21.9 Å². The summed E-state index contributed by atoms with van der Waals surface area (Å²) in [6.07, 6.45) is -3.74. The van der Waals surface area contributed by atoms with Crippen LogP contribution >= 0.6 is 0 Å². The Morgan fingerprint density at radius 3 is 2.46 bits per heavy atom. The number of carboxylic acids is 1. The van der Waals surface area contributed by atoms with Crippen LogP contribution in [0.2, 0.25) is 0 Å². The van der Waals surface area contributed by atoms with Crippen molar-refractivity contribution in [1.29, 1.82) is 0 Å². The number of nitrogens with two attached hydrogens (primary N) is 3. The molecule has 14 heteroatoms. The van der Waals surface area contributed by atoms with Gasteiger partial charge in [-0.05, 0) is 55.2 Å². The standard InChI is InChI=1S/C21H26F3N5O5S/c22-21(23,24)14-4-3-5-15(12-14)35(32,33)29-17(19(30)31)11-13-6-7-18(16(25)10-13)34-9-2-1-8-28-20(26)27/h3-7,10,12,17,29H,1-2,8-9,11,25H2,(H,30,31)(H4,26,27,28)/t17-/m0/s1. The average molecular weight is 518 g/mol. The predicted molar refractivity (Wildman–Crippen MR) is 123 cm³/mol. The first-order valence-corrected chi connectivity index (χ1v) is 11.8. The summed E-state index contributed by atoms with van der Waals surface area (Å²) < 4.78 is 71.4. The minimum atomic E-state index is -4.76. The number of rotatable bonds is 12. The molecule has 0 saturated heterocycles. The van der Waals surface area contributed by atoms with Crippen molar-refractivity contribution in [3.63, 3.8) is 0 Å². The number of aliphatic carboxylic acids is 1. The fraction of sp³-hybridized carbons (Fsp3) is 0.333. The molecule has 0 aliphatic carbocycles. The smallest absolute Gasteiger partial charge is 0.416 e. The van der Waals surface area contributed by atoms with E-state index >= 15 is 0 Å². The topological polar surface area (TPSA) is 183 Å². The SMILES string of the molecule is NC(N)=NCCCCOc1ccc(C[C@H](NS(=O)(=O)c2cccc(C(F)(F)F)c2)C(=O)O)cc1N. The second-order valence-corrected chi connectivity index (χ2v) is 9.19. The molecule has 0 radical (unpaired) electrons. The summed E-state index contributed by atoms with van der Waals surface area (Å²) in [5, 5.41) is 9.49. The molecule has 0 aliphatic rings. The van der Waals surface area contributed by atoms with Crippen molar-refractivity contribution >= 4 is 27.6 Å². The molecule has 0 saturated carbocycles. The molecule has 0 heterocycles. The Hall–Kier alpha value is -3.52. The molecule has 0 unspecified atom stereocenters. The fourth-order valence-corrected chi connectivity index (χ4v) is 4.21. The van der Waals surface area contributed by atoms with Gasteiger partial charge < -0.3 is 27.0 Å². The molecule has 192 valence electrons. The van der Waals surface area contributed by atoms with Crippen molar-refractivity contribution < 1.29 is 36.2 Å². The van der Waals surface area contributed by atoms with Gasteiger partial charge in [0, 0.05) is 6.54 Å². The lowest BCUT2D eigenvalue weighted by atomic mass is 10.1. The average Bonchev–Trinajstić information content (AvgIpc) is 2.76. The van der Waals surface area contributed by atoms with E-state index in [1.807, 2.05) is 4.72 Å². The number of nitrogens with one attached hydrogen (secondary N) is 1. The number of ether oxygens (including phenoxy) is 1. The van der Waals surface area contributed by atoms with Gasteiger partial charge in [0.15, 0.2) is 5.96 Å². The first-order chi connectivity index (χ1) is 16.3. The first kappa shape index (κ1) is 27.7. The number of carboxylic acid groups (broad SMARTS) is 1. The number of sulfonamides is 1. The maximum atomic E-state index is 12.9. The summed E-state index contributed by atoms with van der Waals surface area (Å²) in [7, 11) is -4.56. The van der Waals surface area contributed by atoms with E-state index in [0.29, 0.717) is 49.4 Å². The van der Waals surface area contributed by atoms with E-state index in [2.05, 4.69) is 4.99 Å². The Bertz CT molecular complexity index is 1170. The van der Waals surface area contributed by atoms with Crippen LogP contribution in [0.4, 0.5) is 18.9 Å². The van der Waals surface area contributed by atoms with Gasteiger partial charge in [-0.1, -0.05) is 12.1 Å². The van der Waals surface area contributed by atoms with Gasteiger partial charge in [-0.25, -0.2) is 8.42 Å². The number of halogens is 3. The zero-order valence-electron chi connectivity index (χ0n) is 18.5. The maximum absolute atomic E-state index is 12.9. The van der Waals surface area contributed by atoms with Gasteiger partial charge in [-0.15, -0.1) is 0 Å². The second-order valence-electron chi connectivity index (χ2n) is 7.48. The third kappa shape index (κ3) is 8.64. The van der Waals surface area contributed by atoms with Gasteiger partial charge in [-0.3, -0.25) is 9.79 Å². The number of benzene rings is 2. The van der Waals surface area contributed by atoms with E-state index in [0.717, 1.165) is 12.1 Å². The summed E-state index contributed by atoms with van der Waals surface area (Å²) in [5.74, 6) is -1.16. The van der Waals surface area contributed by atoms with Crippen LogP contribution in [0.25, 0.3) is 0 Å². The van der Waals surface area contributed by atoms with Crippen LogP contribution in [0.15, 0.2) is 52.4 Å². The molecule has 8 N–H and O–H groups in total. The van der Waals surface area contributed by atoms with Gasteiger partial charge in [0.05, 0.1) is 22.8 Å². The zero-order chi connectivity index (χ0) is 26.2. The Balaban J connectivity index is 2.06. The van der Waals surface area contributed by atoms with E-state index < -0.39 is 38.7 Å². The van der Waals surface area contributed by atoms with Crippen LogP contribution in [0, 0.1) is 0 Å². The molecule has 0 aromatic heterocycles. The number of hydrogen-bond donors (Lipinski definition) is 5. The molecule has 1 atom stereocenters. The fourth-order valence-electron chi connectivity index (χ4n) is 2.97. The van der Waals surface area contributed by atoms with Crippen LogP contribution in [0.1, 0.15) is 24.0 Å². The highest BCUT2D eigenvalue weighted by molar-refractivity contribution is 7.89. The molecule has 0 aliphatic heterocycles. The number of alkyl halides is 3. The maximum Gasteiger partial charge on any atom is 0.416 e. The molecule has 0 amide bonds. The summed E-state index contributed by atoms with van der Waals surface area (Å²) in [5.41, 5.74) is 15.8. The summed E-state index contributed by atoms with van der Waals surface area (Å²) in [6.45, 7) is 0.783. The highest BCUT2D eigenvalue weighted by Gasteiger charge is 2.32. The lowest BCUT2D eigenvalue weighted by Crippen LogP contribution is -2.42. The largest absolute Gasteiger partial charge is 0.491 e. The number of carbonyl (C=O) groups is 1. The predicted octanol–water partition coefficient (Wildman–Crippen LogP) is 1.69. The minimum absolute atomic E-state index is 0.00234. The Kier molecular flexibility index (Phi) is 9.31. The number of aliphatic imine (C=N–C) groups is 1. The monoisotopic (exact) mass is 517 g/mol. The third-order valence-corrected chi connectivity index (χ3v) is 6.15. The van der Waals surface area contributed by atoms with Crippen LogP contribution < -0.4 is 26.7 Å². The highest BCUT2D eigenvalue weighted by atomic mass is 32.2. The molecule has 0 spiro atoms. The van der Waals surface area contributed by atoms with Crippen molar-refractivity contribution in [3.8, 4) is 5.75 Å². The van der Waals surface area contributed by atoms with E-state index in [1.54, 1.807) is 0 Å². The van der Waals surface area contributed by atoms with Crippen molar-refractivity contribution in [1.82, 2.24) is 4.72 Å². The molecule has 2 rings (SSSR count). The van der Waals surface area contributed by atoms with E-state index in [-0.39, 0.29) is 18.1 Å². The van der Waals surface area contributed by atoms with Crippen LogP contribution in [0.3, 0.4) is 0 Å². The summed E-state index contributed by atoms with van der Waals surface area (Å²) >= 11 is 0. The van der Waals surface area contributed by atoms with Gasteiger partial charge >= 0.3 is 12.1 Å². The van der Waals surface area contributed by atoms with E-state index in [1.165, 1.54) is 18.2 Å². The zero-order valence-corrected chi connectivity index (χ0v) is 19.3. The minimum Gasteiger partial charge on any atom is -0.491 e. The number of anilines is 1. The summed E-state index contributed by atoms with van der Waals surface area (Å²) in [4.78, 5) is 14.8. The summed E-state index contributed by atoms with van der Waals surface area (Å²) in [6, 6.07) is 5.82. The number of nitrogen functional groups attached to an aromatic ring is 1. The van der Waals surface area contributed by atoms with Crippen molar-refractivity contribution in [2.24, 2.45) is 16.5 Å². The van der Waals surface area contributed by atoms with Gasteiger partial charge in [0.25, 0.3) is 0 Å². The van der Waals surface area contributed by atoms with Gasteiger partial charge in [-0.2, -0.15) is 17.9 Å². The lowest BCUT2D eigenvalue weighted by molar-refractivity contribution is -0.139. The molecular weight excluding hydrogens is 491 g/mol. The first-order valence-electron chi connectivity index (χ1n) is 10.3. The van der Waals surface area contributed by atoms with Crippen LogP contribution in [-0.4, -0.2) is 44.6 Å². The molecule has 35 heavy (non-hydrogen) atoms. The van der Waals surface area contributed by atoms with E-state index in [9.17, 15) is 31.5 Å². The Labute approximate surface area is 200 Å². The third-order valence-electron chi connectivity index (χ3n) is 4.69. The number of unbranched alkanes of at least 4 members (excludes halogenated alkanes) is 1. The molecule has 2 aromatic rings. The van der Waals surface area contributed by atoms with Crippen molar-refractivity contribution in [2.45, 2.75) is 36.4 Å². The van der Waals surface area contributed by atoms with Gasteiger partial charge in [0.1, 0.15) is 11.8 Å². The van der Waals surface area contributed by atoms with Crippen LogP contribution in [0.5, 0.6) is 5.75 Å². The Morgan fingerprint density at radius 2 is 1.86 bits per heavy atom. The van der Waals surface area contributed by atoms with Crippen LogP contribution in [-0.2, 0) is 27.4 Å². The quantitative estimate of drug-likeness (QED) is 0.122. The van der Waals surface area contributed by atoms with Gasteiger partial charge in [0.2, 0.25) is 10.0 Å². The van der Waals surface area contributed by atoms with Crippen molar-refractivity contribution in [3.05, 3.63) is 53.6 Å². The Morgan fingerprint density at radius 1 is 1.14 bits per heavy atom. The molecular formula is C21H26F3N5O5S. The highest BCUT2D eigenvalue weighted by Crippen LogP contribution is 2.30. The molecule has 10 nitrogen and oxygen atoms in total. The normalized spacial score (nSPS) is 12.7. The molecule has 0 bridgehead atoms.